The molecule has 1 heterocycles. The molecule has 0 aliphatic carbocycles. The van der Waals surface area contributed by atoms with Crippen molar-refractivity contribution in [1.82, 2.24) is 0 Å². The lowest BCUT2D eigenvalue weighted by atomic mass is 10.0. The van der Waals surface area contributed by atoms with Crippen LogP contribution in [0.5, 0.6) is 5.75 Å². The van der Waals surface area contributed by atoms with Crippen molar-refractivity contribution in [2.45, 2.75) is 35.8 Å². The summed E-state index contributed by atoms with van der Waals surface area (Å²) in [5.74, 6) is 0.516. The van der Waals surface area contributed by atoms with Crippen LogP contribution in [0.15, 0.2) is 36.9 Å². The van der Waals surface area contributed by atoms with E-state index in [0.717, 1.165) is 6.42 Å². The first-order valence-electron chi connectivity index (χ1n) is 6.69. The predicted molar refractivity (Wildman–Crippen MR) is 85.8 cm³/mol. The maximum atomic E-state index is 14.3. The van der Waals surface area contributed by atoms with Crippen LogP contribution < -0.4 is 9.64 Å². The number of fused-ring (bicyclic) bond motifs is 1. The number of rotatable bonds is 6. The van der Waals surface area contributed by atoms with E-state index >= 15 is 0 Å². The van der Waals surface area contributed by atoms with E-state index in [2.05, 4.69) is 6.58 Å². The van der Waals surface area contributed by atoms with Gasteiger partial charge in [0.25, 0.3) is 5.72 Å². The molecule has 0 spiro atoms. The Morgan fingerprint density at radius 3 is 2.75 bits per heavy atom. The lowest BCUT2D eigenvalue weighted by molar-refractivity contribution is -0.0840. The normalized spacial score (nSPS) is 21.5. The van der Waals surface area contributed by atoms with Crippen molar-refractivity contribution >= 4 is 28.3 Å². The van der Waals surface area contributed by atoms with Gasteiger partial charge in [-0.25, -0.2) is 0 Å². The second-order valence-electron chi connectivity index (χ2n) is 4.85. The molecule has 1 aliphatic rings. The number of hydrogen-bond donors (Lipinski definition) is 0. The highest BCUT2D eigenvalue weighted by Gasteiger charge is 2.61. The molecular weight excluding hydrogens is 375 g/mol. The van der Waals surface area contributed by atoms with Crippen LogP contribution in [-0.2, 0) is 0 Å². The molecule has 1 atom stereocenters. The third-order valence-electron chi connectivity index (χ3n) is 3.49. The summed E-state index contributed by atoms with van der Waals surface area (Å²) in [4.78, 5) is 1.64. The summed E-state index contributed by atoms with van der Waals surface area (Å²) in [6.07, 6.45) is 3.44. The molecule has 2 rings (SSSR count). The van der Waals surface area contributed by atoms with Gasteiger partial charge in [-0.05, 0) is 18.6 Å². The molecule has 0 saturated heterocycles. The molecule has 0 aromatic heterocycles. The molecule has 1 aromatic carbocycles. The van der Waals surface area contributed by atoms with Crippen molar-refractivity contribution < 1.29 is 13.5 Å². The molecule has 0 amide bonds. The Morgan fingerprint density at radius 2 is 2.15 bits per heavy atom. The summed E-state index contributed by atoms with van der Waals surface area (Å²) in [6.45, 7) is 6.00. The fraction of sp³-hybridized carbons (Fsp3) is 0.467. The summed E-state index contributed by atoms with van der Waals surface area (Å²) in [5, 5.41) is 0. The van der Waals surface area contributed by atoms with Gasteiger partial charge in [-0.2, -0.15) is 8.78 Å². The van der Waals surface area contributed by atoms with Crippen LogP contribution in [0.2, 0.25) is 0 Å². The van der Waals surface area contributed by atoms with Crippen molar-refractivity contribution in [3.63, 3.8) is 0 Å². The minimum Gasteiger partial charge on any atom is -0.458 e. The standard InChI is InChI=1S/C15H18F2INO/c1-3-5-10-14(15(16,17)18)19(11-4-2)12-8-6-7-9-13(12)20-14/h4,6-9H,2-3,5,10-11H2,1H3. The fourth-order valence-electron chi connectivity index (χ4n) is 2.53. The number of unbranched alkanes of at least 4 members (excludes halogenated alkanes) is 1. The predicted octanol–water partition coefficient (Wildman–Crippen LogP) is 4.99. The number of halogens is 3. The topological polar surface area (TPSA) is 12.5 Å². The first-order valence-corrected chi connectivity index (χ1v) is 7.77. The van der Waals surface area contributed by atoms with Gasteiger partial charge in [-0.15, -0.1) is 6.58 Å². The zero-order valence-corrected chi connectivity index (χ0v) is 13.6. The van der Waals surface area contributed by atoms with E-state index in [1.165, 1.54) is 22.6 Å². The number of hydrogen-bond acceptors (Lipinski definition) is 2. The first-order chi connectivity index (χ1) is 9.46. The Bertz CT molecular complexity index is 489. The van der Waals surface area contributed by atoms with Gasteiger partial charge in [-0.1, -0.05) is 31.6 Å². The van der Waals surface area contributed by atoms with E-state index in [0.29, 0.717) is 24.4 Å². The largest absolute Gasteiger partial charge is 0.458 e. The first kappa shape index (κ1) is 15.5. The van der Waals surface area contributed by atoms with Crippen molar-refractivity contribution in [1.29, 1.82) is 0 Å². The summed E-state index contributed by atoms with van der Waals surface area (Å²) in [7, 11) is 0. The number of nitrogens with zero attached hydrogens (tertiary/aromatic N) is 1. The summed E-state index contributed by atoms with van der Waals surface area (Å²) >= 11 is 1.19. The third kappa shape index (κ3) is 2.52. The van der Waals surface area contributed by atoms with E-state index in [9.17, 15) is 8.78 Å². The molecule has 1 aliphatic heterocycles. The highest BCUT2D eigenvalue weighted by molar-refractivity contribution is 14.1. The van der Waals surface area contributed by atoms with Crippen molar-refractivity contribution in [3.8, 4) is 5.75 Å². The maximum Gasteiger partial charge on any atom is 0.353 e. The maximum absolute atomic E-state index is 14.3. The zero-order chi connectivity index (χ0) is 14.8. The number of anilines is 1. The summed E-state index contributed by atoms with van der Waals surface area (Å²) in [6, 6.07) is 7.18. The Hall–Kier alpha value is -0.850. The SMILES string of the molecule is C=CCN1c2ccccc2OC1(CCCC)C(F)(F)I. The molecule has 5 heteroatoms. The smallest absolute Gasteiger partial charge is 0.353 e. The minimum atomic E-state index is -3.00. The Morgan fingerprint density at radius 1 is 1.45 bits per heavy atom. The van der Waals surface area contributed by atoms with Crippen LogP contribution in [0, 0.1) is 0 Å². The van der Waals surface area contributed by atoms with Crippen LogP contribution in [0.3, 0.4) is 0 Å². The van der Waals surface area contributed by atoms with Gasteiger partial charge in [-0.3, -0.25) is 0 Å². The fourth-order valence-corrected chi connectivity index (χ4v) is 3.20. The van der Waals surface area contributed by atoms with Crippen LogP contribution in [0.25, 0.3) is 0 Å². The van der Waals surface area contributed by atoms with Gasteiger partial charge in [0.1, 0.15) is 5.75 Å². The molecular formula is C15H18F2INO. The van der Waals surface area contributed by atoms with Crippen LogP contribution >= 0.6 is 22.6 Å². The van der Waals surface area contributed by atoms with Gasteiger partial charge >= 0.3 is 3.93 Å². The van der Waals surface area contributed by atoms with E-state index in [-0.39, 0.29) is 6.42 Å². The molecule has 110 valence electrons. The van der Waals surface area contributed by atoms with Crippen molar-refractivity contribution in [3.05, 3.63) is 36.9 Å². The molecule has 0 N–H and O–H groups in total. The molecule has 1 aromatic rings. The molecule has 0 bridgehead atoms. The second-order valence-corrected chi connectivity index (χ2v) is 6.21. The number of para-hydroxylation sites is 2. The number of ether oxygens (including phenoxy) is 1. The number of benzene rings is 1. The quantitative estimate of drug-likeness (QED) is 0.384. The van der Waals surface area contributed by atoms with Crippen LogP contribution in [0.4, 0.5) is 14.5 Å². The van der Waals surface area contributed by atoms with E-state index in [1.54, 1.807) is 23.1 Å². The lowest BCUT2D eigenvalue weighted by Gasteiger charge is -2.40. The van der Waals surface area contributed by atoms with E-state index in [4.69, 9.17) is 4.74 Å². The summed E-state index contributed by atoms with van der Waals surface area (Å²) in [5.41, 5.74) is -0.915. The minimum absolute atomic E-state index is 0.280. The Labute approximate surface area is 131 Å². The molecule has 1 unspecified atom stereocenters. The molecule has 0 fully saturated rings. The highest BCUT2D eigenvalue weighted by Crippen LogP contribution is 2.53. The van der Waals surface area contributed by atoms with Crippen LogP contribution in [-0.4, -0.2) is 16.2 Å². The van der Waals surface area contributed by atoms with Gasteiger partial charge in [0.05, 0.1) is 5.69 Å². The Kier molecular flexibility index (Phi) is 4.56. The van der Waals surface area contributed by atoms with E-state index in [1.807, 2.05) is 19.1 Å². The molecule has 20 heavy (non-hydrogen) atoms. The average molecular weight is 393 g/mol. The molecule has 2 nitrogen and oxygen atoms in total. The van der Waals surface area contributed by atoms with Gasteiger partial charge in [0, 0.05) is 35.6 Å². The van der Waals surface area contributed by atoms with Crippen LogP contribution in [0.1, 0.15) is 26.2 Å². The Balaban J connectivity index is 2.48. The number of alkyl halides is 3. The average Bonchev–Trinajstić information content (AvgIpc) is 2.72. The zero-order valence-electron chi connectivity index (χ0n) is 11.4. The van der Waals surface area contributed by atoms with Gasteiger partial charge in [0.2, 0.25) is 0 Å². The van der Waals surface area contributed by atoms with Crippen molar-refractivity contribution in [2.75, 3.05) is 11.4 Å². The van der Waals surface area contributed by atoms with Gasteiger partial charge < -0.3 is 9.64 Å². The monoisotopic (exact) mass is 393 g/mol. The second kappa shape index (κ2) is 5.87. The highest BCUT2D eigenvalue weighted by atomic mass is 127. The van der Waals surface area contributed by atoms with Crippen molar-refractivity contribution in [2.24, 2.45) is 0 Å². The molecule has 0 radical (unpaired) electrons. The molecule has 0 saturated carbocycles. The third-order valence-corrected chi connectivity index (χ3v) is 4.34. The van der Waals surface area contributed by atoms with E-state index < -0.39 is 9.65 Å². The summed E-state index contributed by atoms with van der Waals surface area (Å²) < 4.78 is 31.4. The van der Waals surface area contributed by atoms with Gasteiger partial charge in [0.15, 0.2) is 0 Å². The lowest BCUT2D eigenvalue weighted by Crippen LogP contribution is -2.59.